The van der Waals surface area contributed by atoms with Gasteiger partial charge in [0.25, 0.3) is 0 Å². The number of hydrogen-bond donors (Lipinski definition) is 1. The van der Waals surface area contributed by atoms with Gasteiger partial charge in [-0.1, -0.05) is 40.9 Å². The van der Waals surface area contributed by atoms with Crippen molar-refractivity contribution in [2.75, 3.05) is 23.3 Å². The molecular weight excluding hydrogens is 373 g/mol. The molecule has 2 aromatic rings. The number of benzene rings is 2. The monoisotopic (exact) mass is 391 g/mol. The van der Waals surface area contributed by atoms with Crippen LogP contribution in [-0.4, -0.2) is 36.0 Å². The molecule has 0 spiro atoms. The molecule has 1 atom stereocenters. The zero-order valence-corrected chi connectivity index (χ0v) is 16.0. The quantitative estimate of drug-likeness (QED) is 0.814. The molecule has 5 nitrogen and oxygen atoms in total. The number of urea groups is 1. The molecule has 3 rings (SSSR count). The van der Waals surface area contributed by atoms with E-state index in [-0.39, 0.29) is 11.9 Å². The van der Waals surface area contributed by atoms with Crippen LogP contribution in [0.4, 0.5) is 16.2 Å². The molecule has 1 unspecified atom stereocenters. The standard InChI is InChI=1S/C19H19Cl2N3O2/c1-12-3-5-14(6-4-12)22-19(26)23-9-10-24(18(25)13(23)2)15-7-8-16(20)17(21)11-15/h3-8,11,13H,9-10H2,1-2H3,(H,22,26). The summed E-state index contributed by atoms with van der Waals surface area (Å²) in [7, 11) is 0. The molecule has 1 heterocycles. The number of halogens is 2. The maximum atomic E-state index is 12.8. The smallest absolute Gasteiger partial charge is 0.311 e. The van der Waals surface area contributed by atoms with Gasteiger partial charge in [0, 0.05) is 24.5 Å². The van der Waals surface area contributed by atoms with Crippen LogP contribution in [0.1, 0.15) is 12.5 Å². The Labute approximate surface area is 162 Å². The highest BCUT2D eigenvalue weighted by Crippen LogP contribution is 2.29. The third-order valence-electron chi connectivity index (χ3n) is 4.43. The van der Waals surface area contributed by atoms with Gasteiger partial charge in [-0.05, 0) is 44.2 Å². The predicted octanol–water partition coefficient (Wildman–Crippen LogP) is 4.57. The first-order valence-corrected chi connectivity index (χ1v) is 9.03. The summed E-state index contributed by atoms with van der Waals surface area (Å²) in [6, 6.07) is 11.7. The maximum Gasteiger partial charge on any atom is 0.322 e. The number of hydrogen-bond acceptors (Lipinski definition) is 2. The first kappa shape index (κ1) is 18.5. The van der Waals surface area contributed by atoms with Crippen molar-refractivity contribution < 1.29 is 9.59 Å². The van der Waals surface area contributed by atoms with Gasteiger partial charge in [0.1, 0.15) is 6.04 Å². The zero-order chi connectivity index (χ0) is 18.8. The molecule has 26 heavy (non-hydrogen) atoms. The van der Waals surface area contributed by atoms with Crippen LogP contribution in [0.3, 0.4) is 0 Å². The van der Waals surface area contributed by atoms with Crippen molar-refractivity contribution in [1.29, 1.82) is 0 Å². The van der Waals surface area contributed by atoms with Crippen molar-refractivity contribution in [3.05, 3.63) is 58.1 Å². The molecule has 136 valence electrons. The number of carbonyl (C=O) groups is 2. The lowest BCUT2D eigenvalue weighted by Crippen LogP contribution is -2.58. The summed E-state index contributed by atoms with van der Waals surface area (Å²) in [5.41, 5.74) is 2.49. The Morgan fingerprint density at radius 1 is 1.08 bits per heavy atom. The summed E-state index contributed by atoms with van der Waals surface area (Å²) in [6.07, 6.45) is 0. The fraction of sp³-hybridized carbons (Fsp3) is 0.263. The molecule has 7 heteroatoms. The molecule has 1 aliphatic rings. The predicted molar refractivity (Wildman–Crippen MR) is 105 cm³/mol. The fourth-order valence-electron chi connectivity index (χ4n) is 2.89. The molecule has 0 aromatic heterocycles. The Hall–Kier alpha value is -2.24. The molecule has 0 radical (unpaired) electrons. The minimum atomic E-state index is -0.580. The number of piperazine rings is 1. The molecule has 1 aliphatic heterocycles. The Morgan fingerprint density at radius 2 is 1.77 bits per heavy atom. The summed E-state index contributed by atoms with van der Waals surface area (Å²) in [4.78, 5) is 28.5. The summed E-state index contributed by atoms with van der Waals surface area (Å²) in [5, 5.41) is 3.67. The van der Waals surface area contributed by atoms with Gasteiger partial charge >= 0.3 is 6.03 Å². The number of nitrogens with zero attached hydrogens (tertiary/aromatic N) is 2. The Morgan fingerprint density at radius 3 is 2.42 bits per heavy atom. The Bertz CT molecular complexity index is 839. The molecule has 0 saturated carbocycles. The lowest BCUT2D eigenvalue weighted by Gasteiger charge is -2.39. The van der Waals surface area contributed by atoms with Crippen molar-refractivity contribution in [2.45, 2.75) is 19.9 Å². The van der Waals surface area contributed by atoms with Crippen molar-refractivity contribution >= 4 is 46.5 Å². The number of carbonyl (C=O) groups excluding carboxylic acids is 2. The van der Waals surface area contributed by atoms with Gasteiger partial charge in [-0.2, -0.15) is 0 Å². The van der Waals surface area contributed by atoms with E-state index in [0.717, 1.165) is 5.56 Å². The highest BCUT2D eigenvalue weighted by atomic mass is 35.5. The number of nitrogens with one attached hydrogen (secondary N) is 1. The first-order chi connectivity index (χ1) is 12.4. The summed E-state index contributed by atoms with van der Waals surface area (Å²) < 4.78 is 0. The highest BCUT2D eigenvalue weighted by Gasteiger charge is 2.35. The Balaban J connectivity index is 1.71. The molecule has 1 saturated heterocycles. The van der Waals surface area contributed by atoms with Crippen molar-refractivity contribution in [3.63, 3.8) is 0 Å². The third kappa shape index (κ3) is 3.79. The van der Waals surface area contributed by atoms with E-state index >= 15 is 0 Å². The summed E-state index contributed by atoms with van der Waals surface area (Å²) in [6.45, 7) is 4.52. The first-order valence-electron chi connectivity index (χ1n) is 8.27. The van der Waals surface area contributed by atoms with Crippen LogP contribution in [0, 0.1) is 6.92 Å². The van der Waals surface area contributed by atoms with E-state index < -0.39 is 6.04 Å². The molecule has 3 amide bonds. The van der Waals surface area contributed by atoms with Crippen molar-refractivity contribution in [2.24, 2.45) is 0 Å². The number of aryl methyl sites for hydroxylation is 1. The minimum absolute atomic E-state index is 0.159. The van der Waals surface area contributed by atoms with Crippen LogP contribution >= 0.6 is 23.2 Å². The van der Waals surface area contributed by atoms with Crippen LogP contribution in [-0.2, 0) is 4.79 Å². The van der Waals surface area contributed by atoms with E-state index in [0.29, 0.717) is 34.5 Å². The van der Waals surface area contributed by atoms with Gasteiger partial charge < -0.3 is 15.1 Å². The van der Waals surface area contributed by atoms with Crippen LogP contribution < -0.4 is 10.2 Å². The molecule has 0 bridgehead atoms. The van der Waals surface area contributed by atoms with Gasteiger partial charge in [-0.15, -0.1) is 0 Å². The fourth-order valence-corrected chi connectivity index (χ4v) is 3.18. The van der Waals surface area contributed by atoms with E-state index in [2.05, 4.69) is 5.32 Å². The largest absolute Gasteiger partial charge is 0.322 e. The van der Waals surface area contributed by atoms with Crippen molar-refractivity contribution in [3.8, 4) is 0 Å². The second-order valence-electron chi connectivity index (χ2n) is 6.25. The number of amides is 3. The van der Waals surface area contributed by atoms with Crippen LogP contribution in [0.15, 0.2) is 42.5 Å². The maximum absolute atomic E-state index is 12.8. The zero-order valence-electron chi connectivity index (χ0n) is 14.5. The van der Waals surface area contributed by atoms with E-state index in [9.17, 15) is 9.59 Å². The topological polar surface area (TPSA) is 52.7 Å². The second kappa shape index (κ2) is 7.56. The average molecular weight is 392 g/mol. The molecule has 2 aromatic carbocycles. The van der Waals surface area contributed by atoms with Gasteiger partial charge in [-0.3, -0.25) is 4.79 Å². The molecule has 1 N–H and O–H groups in total. The van der Waals surface area contributed by atoms with Gasteiger partial charge in [-0.25, -0.2) is 4.79 Å². The van der Waals surface area contributed by atoms with E-state index in [4.69, 9.17) is 23.2 Å². The molecule has 0 aliphatic carbocycles. The SMILES string of the molecule is Cc1ccc(NC(=O)N2CCN(c3ccc(Cl)c(Cl)c3)C(=O)C2C)cc1. The van der Waals surface area contributed by atoms with Crippen molar-refractivity contribution in [1.82, 2.24) is 4.90 Å². The van der Waals surface area contributed by atoms with Crippen LogP contribution in [0.25, 0.3) is 0 Å². The summed E-state index contributed by atoms with van der Waals surface area (Å²) >= 11 is 12.0. The highest BCUT2D eigenvalue weighted by molar-refractivity contribution is 6.42. The number of rotatable bonds is 2. The number of anilines is 2. The molecular formula is C19H19Cl2N3O2. The van der Waals surface area contributed by atoms with Gasteiger partial charge in [0.2, 0.25) is 5.91 Å². The van der Waals surface area contributed by atoms with Crippen LogP contribution in [0.5, 0.6) is 0 Å². The minimum Gasteiger partial charge on any atom is -0.311 e. The van der Waals surface area contributed by atoms with Crippen LogP contribution in [0.2, 0.25) is 10.0 Å². The van der Waals surface area contributed by atoms with E-state index in [1.165, 1.54) is 4.90 Å². The lowest BCUT2D eigenvalue weighted by atomic mass is 10.1. The lowest BCUT2D eigenvalue weighted by molar-refractivity contribution is -0.123. The van der Waals surface area contributed by atoms with Gasteiger partial charge in [0.05, 0.1) is 10.0 Å². The van der Waals surface area contributed by atoms with Gasteiger partial charge in [0.15, 0.2) is 0 Å². The van der Waals surface area contributed by atoms with E-state index in [1.54, 1.807) is 30.0 Å². The second-order valence-corrected chi connectivity index (χ2v) is 7.07. The normalized spacial score (nSPS) is 17.4. The van der Waals surface area contributed by atoms with E-state index in [1.807, 2.05) is 31.2 Å². The third-order valence-corrected chi connectivity index (χ3v) is 5.17. The molecule has 1 fully saturated rings. The Kier molecular flexibility index (Phi) is 5.39. The summed E-state index contributed by atoms with van der Waals surface area (Å²) in [5.74, 6) is -0.159. The average Bonchev–Trinajstić information content (AvgIpc) is 2.61.